The van der Waals surface area contributed by atoms with Gasteiger partial charge in [0.15, 0.2) is 12.4 Å². The van der Waals surface area contributed by atoms with Crippen molar-refractivity contribution in [1.82, 2.24) is 0 Å². The molecule has 2 aromatic carbocycles. The van der Waals surface area contributed by atoms with Gasteiger partial charge in [0.25, 0.3) is 0 Å². The molecule has 1 heterocycles. The van der Waals surface area contributed by atoms with Crippen molar-refractivity contribution in [2.75, 3.05) is 0 Å². The Morgan fingerprint density at radius 2 is 1.52 bits per heavy atom. The highest BCUT2D eigenvalue weighted by Gasteiger charge is 2.13. The second-order valence-corrected chi connectivity index (χ2v) is 6.63. The third kappa shape index (κ3) is 4.63. The minimum Gasteiger partial charge on any atom is -0.292 e. The van der Waals surface area contributed by atoms with Crippen molar-refractivity contribution in [1.29, 1.82) is 0 Å². The Bertz CT molecular complexity index is 848. The molecule has 0 radical (unpaired) electrons. The van der Waals surface area contributed by atoms with Gasteiger partial charge in [0.05, 0.1) is 0 Å². The van der Waals surface area contributed by atoms with E-state index < -0.39 is 0 Å². The number of carbonyl (C=O) groups excluding carboxylic acids is 1. The predicted molar refractivity (Wildman–Crippen MR) is 101 cm³/mol. The average molecular weight is 330 g/mol. The Morgan fingerprint density at radius 3 is 2.24 bits per heavy atom. The number of rotatable bonds is 6. The quantitative estimate of drug-likeness (QED) is 0.626. The monoisotopic (exact) mass is 330 g/mol. The highest BCUT2D eigenvalue weighted by molar-refractivity contribution is 5.80. The van der Waals surface area contributed by atoms with Crippen LogP contribution in [0.1, 0.15) is 27.8 Å². The smallest absolute Gasteiger partial charge is 0.206 e. The average Bonchev–Trinajstić information content (AvgIpc) is 2.59. The Labute approximate surface area is 149 Å². The van der Waals surface area contributed by atoms with Gasteiger partial charge in [-0.1, -0.05) is 48.5 Å². The zero-order valence-corrected chi connectivity index (χ0v) is 14.9. The molecule has 3 aromatic rings. The highest BCUT2D eigenvalue weighted by Crippen LogP contribution is 2.14. The molecule has 1 aromatic heterocycles. The highest BCUT2D eigenvalue weighted by atomic mass is 16.1. The van der Waals surface area contributed by atoms with Crippen LogP contribution in [0.5, 0.6) is 0 Å². The van der Waals surface area contributed by atoms with Crippen LogP contribution in [-0.4, -0.2) is 5.78 Å². The molecule has 126 valence electrons. The second kappa shape index (κ2) is 7.89. The number of aryl methyl sites for hydroxylation is 2. The first-order valence-corrected chi connectivity index (χ1v) is 8.70. The number of hydrogen-bond donors (Lipinski definition) is 0. The summed E-state index contributed by atoms with van der Waals surface area (Å²) in [5.41, 5.74) is 6.04. The van der Waals surface area contributed by atoms with E-state index in [0.717, 1.165) is 12.0 Å². The first-order valence-electron chi connectivity index (χ1n) is 8.70. The van der Waals surface area contributed by atoms with E-state index in [-0.39, 0.29) is 5.78 Å². The first-order chi connectivity index (χ1) is 12.1. The molecule has 0 fully saturated rings. The number of Topliss-reactive ketones (excluding diaryl/α,β-unsaturated/α-hetero) is 1. The molecule has 0 N–H and O–H groups in total. The van der Waals surface area contributed by atoms with Crippen LogP contribution >= 0.6 is 0 Å². The molecule has 0 amide bonds. The molecule has 0 aliphatic rings. The second-order valence-electron chi connectivity index (χ2n) is 6.63. The topological polar surface area (TPSA) is 20.9 Å². The molecule has 0 aliphatic carbocycles. The molecule has 0 spiro atoms. The largest absolute Gasteiger partial charge is 0.292 e. The Hall–Kier alpha value is -2.74. The summed E-state index contributed by atoms with van der Waals surface area (Å²) in [4.78, 5) is 12.5. The molecular formula is C23H24NO+. The van der Waals surface area contributed by atoms with E-state index in [1.54, 1.807) is 0 Å². The van der Waals surface area contributed by atoms with E-state index in [2.05, 4.69) is 62.5 Å². The maximum atomic E-state index is 12.5. The molecule has 2 nitrogen and oxygen atoms in total. The molecule has 25 heavy (non-hydrogen) atoms. The van der Waals surface area contributed by atoms with Crippen LogP contribution in [0.25, 0.3) is 0 Å². The van der Waals surface area contributed by atoms with E-state index in [4.69, 9.17) is 0 Å². The molecular weight excluding hydrogens is 306 g/mol. The number of aromatic nitrogens is 1. The lowest BCUT2D eigenvalue weighted by atomic mass is 9.98. The summed E-state index contributed by atoms with van der Waals surface area (Å²) in [6.07, 6.45) is 5.42. The number of pyridine rings is 1. The number of hydrogen-bond acceptors (Lipinski definition) is 1. The molecule has 3 rings (SSSR count). The summed E-state index contributed by atoms with van der Waals surface area (Å²) >= 11 is 0. The third-order valence-corrected chi connectivity index (χ3v) is 4.55. The lowest BCUT2D eigenvalue weighted by Crippen LogP contribution is -2.38. The fraction of sp³-hybridized carbons (Fsp3) is 0.217. The zero-order chi connectivity index (χ0) is 17.6. The van der Waals surface area contributed by atoms with Gasteiger partial charge in [0, 0.05) is 24.5 Å². The number of carbonyl (C=O) groups is 1. The maximum Gasteiger partial charge on any atom is 0.206 e. The van der Waals surface area contributed by atoms with Crippen LogP contribution in [0.2, 0.25) is 0 Å². The molecule has 0 aliphatic heterocycles. The van der Waals surface area contributed by atoms with Gasteiger partial charge in [-0.15, -0.1) is 0 Å². The van der Waals surface area contributed by atoms with Gasteiger partial charge in [-0.05, 0) is 42.2 Å². The summed E-state index contributed by atoms with van der Waals surface area (Å²) in [6.45, 7) is 4.56. The fourth-order valence-corrected chi connectivity index (χ4v) is 3.20. The van der Waals surface area contributed by atoms with Gasteiger partial charge in [-0.25, -0.2) is 0 Å². The molecule has 0 saturated carbocycles. The first kappa shape index (κ1) is 17.1. The van der Waals surface area contributed by atoms with Gasteiger partial charge < -0.3 is 0 Å². The van der Waals surface area contributed by atoms with Gasteiger partial charge >= 0.3 is 0 Å². The molecule has 0 atom stereocenters. The summed E-state index contributed by atoms with van der Waals surface area (Å²) in [7, 11) is 0. The molecule has 2 heteroatoms. The van der Waals surface area contributed by atoms with Crippen molar-refractivity contribution in [2.24, 2.45) is 0 Å². The van der Waals surface area contributed by atoms with Gasteiger partial charge in [0.2, 0.25) is 12.3 Å². The summed E-state index contributed by atoms with van der Waals surface area (Å²) in [6, 6.07) is 20.7. The molecule has 0 saturated heterocycles. The SMILES string of the molecule is Cc1cccc(C)c1CC(=O)C[n+]1cccc(Cc2ccccc2)c1. The van der Waals surface area contributed by atoms with Crippen LogP contribution < -0.4 is 4.57 Å². The van der Waals surface area contributed by atoms with Crippen molar-refractivity contribution in [3.05, 3.63) is 101 Å². The minimum absolute atomic E-state index is 0.235. The van der Waals surface area contributed by atoms with Gasteiger partial charge in [-0.3, -0.25) is 4.79 Å². The number of benzene rings is 2. The van der Waals surface area contributed by atoms with Crippen molar-refractivity contribution in [3.63, 3.8) is 0 Å². The fourth-order valence-electron chi connectivity index (χ4n) is 3.20. The van der Waals surface area contributed by atoms with E-state index >= 15 is 0 Å². The number of ketones is 1. The van der Waals surface area contributed by atoms with E-state index in [0.29, 0.717) is 13.0 Å². The predicted octanol–water partition coefficient (Wildman–Crippen LogP) is 3.99. The maximum absolute atomic E-state index is 12.5. The Morgan fingerprint density at radius 1 is 0.840 bits per heavy atom. The van der Waals surface area contributed by atoms with Crippen molar-refractivity contribution in [3.8, 4) is 0 Å². The Kier molecular flexibility index (Phi) is 5.39. The molecule has 0 bridgehead atoms. The minimum atomic E-state index is 0.235. The molecule has 0 unspecified atom stereocenters. The Balaban J connectivity index is 1.68. The van der Waals surface area contributed by atoms with E-state index in [9.17, 15) is 4.79 Å². The summed E-state index contributed by atoms with van der Waals surface area (Å²) in [5, 5.41) is 0. The third-order valence-electron chi connectivity index (χ3n) is 4.55. The van der Waals surface area contributed by atoms with Crippen molar-refractivity contribution in [2.45, 2.75) is 33.2 Å². The van der Waals surface area contributed by atoms with E-state index in [1.807, 2.05) is 29.0 Å². The van der Waals surface area contributed by atoms with Crippen LogP contribution in [0.3, 0.4) is 0 Å². The van der Waals surface area contributed by atoms with Crippen LogP contribution in [-0.2, 0) is 24.2 Å². The van der Waals surface area contributed by atoms with Crippen LogP contribution in [0, 0.1) is 13.8 Å². The van der Waals surface area contributed by atoms with Gasteiger partial charge in [0.1, 0.15) is 0 Å². The normalized spacial score (nSPS) is 10.6. The lowest BCUT2D eigenvalue weighted by Gasteiger charge is -2.08. The van der Waals surface area contributed by atoms with Crippen LogP contribution in [0.4, 0.5) is 0 Å². The van der Waals surface area contributed by atoms with E-state index in [1.165, 1.54) is 22.3 Å². The van der Waals surface area contributed by atoms with Crippen molar-refractivity contribution >= 4 is 5.78 Å². The van der Waals surface area contributed by atoms with Crippen LogP contribution in [0.15, 0.2) is 73.1 Å². The van der Waals surface area contributed by atoms with Crippen molar-refractivity contribution < 1.29 is 9.36 Å². The summed E-state index contributed by atoms with van der Waals surface area (Å²) < 4.78 is 1.99. The standard InChI is InChI=1S/C23H24NO/c1-18-8-6-9-19(2)23(18)15-22(25)17-24-13-7-12-21(16-24)14-20-10-4-3-5-11-20/h3-13,16H,14-15,17H2,1-2H3/q+1. The lowest BCUT2D eigenvalue weighted by molar-refractivity contribution is -0.684. The zero-order valence-electron chi connectivity index (χ0n) is 14.9. The van der Waals surface area contributed by atoms with Gasteiger partial charge in [-0.2, -0.15) is 4.57 Å². The summed E-state index contributed by atoms with van der Waals surface area (Å²) in [5.74, 6) is 0.235. The number of nitrogens with zero attached hydrogens (tertiary/aromatic N) is 1.